The van der Waals surface area contributed by atoms with E-state index in [4.69, 9.17) is 9.47 Å². The van der Waals surface area contributed by atoms with Crippen LogP contribution in [0.5, 0.6) is 0 Å². The van der Waals surface area contributed by atoms with E-state index < -0.39 is 18.1 Å². The zero-order valence-electron chi connectivity index (χ0n) is 14.1. The SMILES string of the molecule is C=C1CCCC[C@@H]1[C@@H](NC(=O)OCc1ccccc1)C(=O)OCC. The van der Waals surface area contributed by atoms with Crippen LogP contribution in [-0.4, -0.2) is 24.7 Å². The van der Waals surface area contributed by atoms with E-state index in [-0.39, 0.29) is 19.1 Å². The number of nitrogens with one attached hydrogen (secondary N) is 1. The van der Waals surface area contributed by atoms with Gasteiger partial charge in [-0.05, 0) is 31.7 Å². The standard InChI is InChI=1S/C19H25NO4/c1-3-23-18(21)17(16-12-8-7-9-14(16)2)20-19(22)24-13-15-10-5-4-6-11-15/h4-6,10-11,16-17H,2-3,7-9,12-13H2,1H3,(H,20,22)/t16-,17+/m0/s1. The molecule has 1 aliphatic carbocycles. The molecule has 0 bridgehead atoms. The number of hydrogen-bond acceptors (Lipinski definition) is 4. The lowest BCUT2D eigenvalue weighted by Crippen LogP contribution is -2.48. The summed E-state index contributed by atoms with van der Waals surface area (Å²) in [7, 11) is 0. The van der Waals surface area contributed by atoms with Crippen LogP contribution in [0, 0.1) is 5.92 Å². The van der Waals surface area contributed by atoms with Crippen molar-refractivity contribution >= 4 is 12.1 Å². The third-order valence-electron chi connectivity index (χ3n) is 4.22. The number of carbonyl (C=O) groups is 2. The molecule has 0 aromatic heterocycles. The summed E-state index contributed by atoms with van der Waals surface area (Å²) in [6.45, 7) is 6.24. The fourth-order valence-corrected chi connectivity index (χ4v) is 2.96. The minimum Gasteiger partial charge on any atom is -0.464 e. The van der Waals surface area contributed by atoms with E-state index in [1.165, 1.54) is 0 Å². The Labute approximate surface area is 143 Å². The molecule has 0 spiro atoms. The summed E-state index contributed by atoms with van der Waals surface area (Å²) in [5.41, 5.74) is 1.88. The molecule has 1 aromatic carbocycles. The van der Waals surface area contributed by atoms with E-state index in [9.17, 15) is 9.59 Å². The van der Waals surface area contributed by atoms with Crippen molar-refractivity contribution in [3.05, 3.63) is 48.0 Å². The molecule has 1 fully saturated rings. The Kier molecular flexibility index (Phi) is 6.85. The third-order valence-corrected chi connectivity index (χ3v) is 4.22. The number of carbonyl (C=O) groups excluding carboxylic acids is 2. The van der Waals surface area contributed by atoms with Gasteiger partial charge in [0.15, 0.2) is 0 Å². The molecule has 2 rings (SSSR count). The molecule has 2 atom stereocenters. The van der Waals surface area contributed by atoms with Gasteiger partial charge >= 0.3 is 12.1 Å². The Morgan fingerprint density at radius 2 is 2.00 bits per heavy atom. The molecule has 1 saturated carbocycles. The van der Waals surface area contributed by atoms with E-state index in [0.717, 1.165) is 36.8 Å². The van der Waals surface area contributed by atoms with Crippen LogP contribution < -0.4 is 5.32 Å². The Morgan fingerprint density at radius 3 is 2.67 bits per heavy atom. The van der Waals surface area contributed by atoms with Gasteiger partial charge in [0, 0.05) is 5.92 Å². The molecule has 1 amide bonds. The molecule has 5 nitrogen and oxygen atoms in total. The quantitative estimate of drug-likeness (QED) is 0.639. The van der Waals surface area contributed by atoms with Gasteiger partial charge in [0.1, 0.15) is 12.6 Å². The first-order chi connectivity index (χ1) is 11.6. The summed E-state index contributed by atoms with van der Waals surface area (Å²) in [4.78, 5) is 24.4. The minimum absolute atomic E-state index is 0.0953. The molecule has 0 radical (unpaired) electrons. The van der Waals surface area contributed by atoms with Crippen molar-refractivity contribution in [1.82, 2.24) is 5.32 Å². The highest BCUT2D eigenvalue weighted by Crippen LogP contribution is 2.31. The fraction of sp³-hybridized carbons (Fsp3) is 0.474. The topological polar surface area (TPSA) is 64.6 Å². The van der Waals surface area contributed by atoms with Gasteiger partial charge in [-0.1, -0.05) is 48.9 Å². The zero-order valence-corrected chi connectivity index (χ0v) is 14.1. The maximum Gasteiger partial charge on any atom is 0.408 e. The highest BCUT2D eigenvalue weighted by atomic mass is 16.6. The van der Waals surface area contributed by atoms with Gasteiger partial charge in [-0.3, -0.25) is 0 Å². The van der Waals surface area contributed by atoms with Crippen LogP contribution in [0.3, 0.4) is 0 Å². The predicted octanol–water partition coefficient (Wildman–Crippen LogP) is 3.59. The van der Waals surface area contributed by atoms with Gasteiger partial charge in [-0.15, -0.1) is 0 Å². The number of amides is 1. The highest BCUT2D eigenvalue weighted by Gasteiger charge is 2.34. The largest absolute Gasteiger partial charge is 0.464 e. The molecule has 0 saturated heterocycles. The van der Waals surface area contributed by atoms with Gasteiger partial charge in [-0.25, -0.2) is 9.59 Å². The molecule has 1 aromatic rings. The Morgan fingerprint density at radius 1 is 1.25 bits per heavy atom. The van der Waals surface area contributed by atoms with E-state index in [2.05, 4.69) is 11.9 Å². The van der Waals surface area contributed by atoms with Crippen LogP contribution in [0.25, 0.3) is 0 Å². The van der Waals surface area contributed by atoms with E-state index >= 15 is 0 Å². The number of alkyl carbamates (subject to hydrolysis) is 1. The van der Waals surface area contributed by atoms with Crippen LogP contribution in [0.1, 0.15) is 38.2 Å². The second kappa shape index (κ2) is 9.11. The first-order valence-corrected chi connectivity index (χ1v) is 8.43. The first-order valence-electron chi connectivity index (χ1n) is 8.43. The molecule has 5 heteroatoms. The number of hydrogen-bond donors (Lipinski definition) is 1. The highest BCUT2D eigenvalue weighted by molar-refractivity contribution is 5.82. The smallest absolute Gasteiger partial charge is 0.408 e. The summed E-state index contributed by atoms with van der Waals surface area (Å²) >= 11 is 0. The lowest BCUT2D eigenvalue weighted by molar-refractivity contribution is -0.146. The Bertz CT molecular complexity index is 570. The molecule has 0 unspecified atom stereocenters. The number of esters is 1. The fourth-order valence-electron chi connectivity index (χ4n) is 2.96. The van der Waals surface area contributed by atoms with Gasteiger partial charge in [0.2, 0.25) is 0 Å². The molecular formula is C19H25NO4. The normalized spacial score (nSPS) is 18.5. The van der Waals surface area contributed by atoms with Gasteiger partial charge < -0.3 is 14.8 Å². The number of benzene rings is 1. The van der Waals surface area contributed by atoms with Crippen LogP contribution in [-0.2, 0) is 20.9 Å². The number of rotatable bonds is 6. The first kappa shape index (κ1) is 18.0. The molecule has 1 aliphatic rings. The van der Waals surface area contributed by atoms with Crippen molar-refractivity contribution in [2.45, 2.75) is 45.3 Å². The van der Waals surface area contributed by atoms with E-state index in [1.807, 2.05) is 30.3 Å². The molecule has 130 valence electrons. The van der Waals surface area contributed by atoms with Crippen molar-refractivity contribution in [2.24, 2.45) is 5.92 Å². The minimum atomic E-state index is -0.735. The third kappa shape index (κ3) is 5.11. The molecule has 0 heterocycles. The second-order valence-corrected chi connectivity index (χ2v) is 5.95. The maximum absolute atomic E-state index is 12.3. The zero-order chi connectivity index (χ0) is 17.4. The van der Waals surface area contributed by atoms with Gasteiger partial charge in [0.25, 0.3) is 0 Å². The average Bonchev–Trinajstić information content (AvgIpc) is 2.60. The Hall–Kier alpha value is -2.30. The van der Waals surface area contributed by atoms with Crippen LogP contribution in [0.2, 0.25) is 0 Å². The second-order valence-electron chi connectivity index (χ2n) is 5.95. The van der Waals surface area contributed by atoms with Crippen molar-refractivity contribution in [1.29, 1.82) is 0 Å². The molecule has 24 heavy (non-hydrogen) atoms. The van der Waals surface area contributed by atoms with Gasteiger partial charge in [0.05, 0.1) is 6.61 Å². The van der Waals surface area contributed by atoms with Crippen molar-refractivity contribution in [2.75, 3.05) is 6.61 Å². The summed E-state index contributed by atoms with van der Waals surface area (Å²) < 4.78 is 10.3. The predicted molar refractivity (Wildman–Crippen MR) is 91.3 cm³/mol. The summed E-state index contributed by atoms with van der Waals surface area (Å²) in [5.74, 6) is -0.524. The van der Waals surface area contributed by atoms with Crippen LogP contribution in [0.15, 0.2) is 42.5 Å². The lowest BCUT2D eigenvalue weighted by atomic mass is 9.80. The van der Waals surface area contributed by atoms with Crippen molar-refractivity contribution in [3.63, 3.8) is 0 Å². The molecular weight excluding hydrogens is 306 g/mol. The average molecular weight is 331 g/mol. The number of ether oxygens (including phenoxy) is 2. The summed E-state index contributed by atoms with van der Waals surface area (Å²) in [6, 6.07) is 8.67. The molecule has 0 aliphatic heterocycles. The van der Waals surface area contributed by atoms with Gasteiger partial charge in [-0.2, -0.15) is 0 Å². The summed E-state index contributed by atoms with van der Waals surface area (Å²) in [5, 5.41) is 2.68. The van der Waals surface area contributed by atoms with E-state index in [0.29, 0.717) is 0 Å². The molecule has 1 N–H and O–H groups in total. The Balaban J connectivity index is 1.97. The van der Waals surface area contributed by atoms with Crippen LogP contribution >= 0.6 is 0 Å². The maximum atomic E-state index is 12.3. The monoisotopic (exact) mass is 331 g/mol. The van der Waals surface area contributed by atoms with Crippen LogP contribution in [0.4, 0.5) is 4.79 Å². The van der Waals surface area contributed by atoms with Crippen molar-refractivity contribution < 1.29 is 19.1 Å². The van der Waals surface area contributed by atoms with Crippen molar-refractivity contribution in [3.8, 4) is 0 Å². The lowest BCUT2D eigenvalue weighted by Gasteiger charge is -2.30. The van der Waals surface area contributed by atoms with E-state index in [1.54, 1.807) is 6.92 Å². The summed E-state index contributed by atoms with van der Waals surface area (Å²) in [6.07, 6.45) is 3.17.